The fourth-order valence-corrected chi connectivity index (χ4v) is 4.77. The minimum absolute atomic E-state index is 0.0119. The van der Waals surface area contributed by atoms with E-state index in [9.17, 15) is 23.3 Å². The van der Waals surface area contributed by atoms with Crippen LogP contribution in [0.25, 0.3) is 5.69 Å². The number of nitrogens with one attached hydrogen (secondary N) is 1. The number of carbonyl (C=O) groups excluding carboxylic acids is 1. The largest absolute Gasteiger partial charge is 0.371 e. The van der Waals surface area contributed by atoms with Crippen molar-refractivity contribution < 1.29 is 18.1 Å². The Morgan fingerprint density at radius 1 is 1.09 bits per heavy atom. The third-order valence-corrected chi connectivity index (χ3v) is 7.69. The Kier molecular flexibility index (Phi) is 6.64. The topological polar surface area (TPSA) is 127 Å². The molecule has 10 nitrogen and oxygen atoms in total. The van der Waals surface area contributed by atoms with E-state index < -0.39 is 14.8 Å². The van der Waals surface area contributed by atoms with Crippen LogP contribution in [0.3, 0.4) is 0 Å². The minimum atomic E-state index is -3.22. The van der Waals surface area contributed by atoms with Crippen LogP contribution in [0.15, 0.2) is 65.8 Å². The number of anilines is 1. The predicted octanol–water partition coefficient (Wildman–Crippen LogP) is 2.97. The Hall–Kier alpha value is -3.73. The van der Waals surface area contributed by atoms with Crippen LogP contribution in [0.2, 0.25) is 0 Å². The lowest BCUT2D eigenvalue weighted by atomic mass is 10.0. The van der Waals surface area contributed by atoms with Crippen molar-refractivity contribution in [2.24, 2.45) is 0 Å². The second-order valence-electron chi connectivity index (χ2n) is 8.08. The molecule has 178 valence electrons. The van der Waals surface area contributed by atoms with Crippen LogP contribution in [-0.4, -0.2) is 53.9 Å². The van der Waals surface area contributed by atoms with Crippen molar-refractivity contribution in [2.75, 3.05) is 23.7 Å². The Morgan fingerprint density at radius 3 is 2.29 bits per heavy atom. The average molecular weight is 484 g/mol. The molecule has 11 heteroatoms. The Labute approximate surface area is 197 Å². The van der Waals surface area contributed by atoms with Gasteiger partial charge < -0.3 is 10.2 Å². The maximum Gasteiger partial charge on any atom is 0.269 e. The highest BCUT2D eigenvalue weighted by molar-refractivity contribution is 7.91. The monoisotopic (exact) mass is 483 g/mol. The van der Waals surface area contributed by atoms with Crippen molar-refractivity contribution in [1.82, 2.24) is 15.1 Å². The van der Waals surface area contributed by atoms with Gasteiger partial charge in [-0.15, -0.1) is 0 Å². The van der Waals surface area contributed by atoms with E-state index in [1.165, 1.54) is 23.0 Å². The molecule has 1 fully saturated rings. The summed E-state index contributed by atoms with van der Waals surface area (Å²) in [6.07, 6.45) is 4.59. The van der Waals surface area contributed by atoms with Crippen LogP contribution in [-0.2, 0) is 9.84 Å². The summed E-state index contributed by atoms with van der Waals surface area (Å²) in [5.41, 5.74) is 1.98. The summed E-state index contributed by atoms with van der Waals surface area (Å²) in [5.74, 6) is -0.148. The van der Waals surface area contributed by atoms with Crippen molar-refractivity contribution in [2.45, 2.75) is 30.7 Å². The third-order valence-electron chi connectivity index (χ3n) is 5.94. The van der Waals surface area contributed by atoms with E-state index in [1.54, 1.807) is 37.4 Å². The van der Waals surface area contributed by atoms with Crippen molar-refractivity contribution >= 4 is 27.1 Å². The summed E-state index contributed by atoms with van der Waals surface area (Å²) in [6, 6.07) is 12.9. The van der Waals surface area contributed by atoms with Gasteiger partial charge in [-0.25, -0.2) is 13.1 Å². The maximum atomic E-state index is 12.7. The first kappa shape index (κ1) is 23.4. The number of hydrogen-bond donors (Lipinski definition) is 1. The van der Waals surface area contributed by atoms with Gasteiger partial charge in [0.25, 0.3) is 11.6 Å². The highest BCUT2D eigenvalue weighted by atomic mass is 32.2. The van der Waals surface area contributed by atoms with Gasteiger partial charge in [0.15, 0.2) is 9.84 Å². The molecule has 1 aliphatic rings. The molecule has 0 aliphatic carbocycles. The number of nitro benzene ring substituents is 1. The van der Waals surface area contributed by atoms with Gasteiger partial charge in [-0.1, -0.05) is 6.92 Å². The molecule has 3 aromatic rings. The van der Waals surface area contributed by atoms with Gasteiger partial charge in [0.05, 0.1) is 33.0 Å². The molecular formula is C23H25N5O5S. The maximum absolute atomic E-state index is 12.7. The zero-order chi connectivity index (χ0) is 24.3. The van der Waals surface area contributed by atoms with Gasteiger partial charge in [-0.2, -0.15) is 5.10 Å². The van der Waals surface area contributed by atoms with Gasteiger partial charge in [-0.05, 0) is 49.2 Å². The normalized spacial score (nSPS) is 14.7. The summed E-state index contributed by atoms with van der Waals surface area (Å²) >= 11 is 0. The Balaban J connectivity index is 1.32. The van der Waals surface area contributed by atoms with Crippen LogP contribution < -0.4 is 10.2 Å². The lowest BCUT2D eigenvalue weighted by Crippen LogP contribution is -2.44. The summed E-state index contributed by atoms with van der Waals surface area (Å²) < 4.78 is 25.5. The molecular weight excluding hydrogens is 458 g/mol. The SMILES string of the molecule is CCS(=O)(=O)c1ccc(N2CCC(NC(=O)c3cnn(-c4ccc([N+](=O)[O-])cc4)c3)CC2)cc1. The minimum Gasteiger partial charge on any atom is -0.371 e. The molecule has 1 amide bonds. The van der Waals surface area contributed by atoms with Crippen LogP contribution in [0.5, 0.6) is 0 Å². The van der Waals surface area contributed by atoms with Crippen molar-refractivity contribution in [1.29, 1.82) is 0 Å². The van der Waals surface area contributed by atoms with Gasteiger partial charge in [0, 0.05) is 43.1 Å². The van der Waals surface area contributed by atoms with Crippen LogP contribution >= 0.6 is 0 Å². The fraction of sp³-hybridized carbons (Fsp3) is 0.304. The number of hydrogen-bond acceptors (Lipinski definition) is 7. The zero-order valence-electron chi connectivity index (χ0n) is 18.6. The van der Waals surface area contributed by atoms with Crippen molar-refractivity contribution in [3.63, 3.8) is 0 Å². The number of rotatable bonds is 7. The number of nitro groups is 1. The zero-order valence-corrected chi connectivity index (χ0v) is 19.4. The summed E-state index contributed by atoms with van der Waals surface area (Å²) in [6.45, 7) is 3.11. The highest BCUT2D eigenvalue weighted by Gasteiger charge is 2.22. The quantitative estimate of drug-likeness (QED) is 0.404. The first-order valence-corrected chi connectivity index (χ1v) is 12.6. The highest BCUT2D eigenvalue weighted by Crippen LogP contribution is 2.23. The lowest BCUT2D eigenvalue weighted by Gasteiger charge is -2.34. The van der Waals surface area contributed by atoms with Crippen LogP contribution in [0.1, 0.15) is 30.1 Å². The van der Waals surface area contributed by atoms with Crippen LogP contribution in [0, 0.1) is 10.1 Å². The van der Waals surface area contributed by atoms with Crippen molar-refractivity contribution in [3.8, 4) is 5.69 Å². The Bertz CT molecular complexity index is 1280. The summed E-state index contributed by atoms with van der Waals surface area (Å²) in [4.78, 5) is 25.5. The van der Waals surface area contributed by atoms with Crippen LogP contribution in [0.4, 0.5) is 11.4 Å². The van der Waals surface area contributed by atoms with E-state index in [2.05, 4.69) is 15.3 Å². The number of sulfone groups is 1. The molecule has 4 rings (SSSR count). The molecule has 0 atom stereocenters. The number of aromatic nitrogens is 2. The summed E-state index contributed by atoms with van der Waals surface area (Å²) in [5, 5.41) is 18.0. The van der Waals surface area contributed by atoms with E-state index in [-0.39, 0.29) is 23.4 Å². The van der Waals surface area contributed by atoms with Gasteiger partial charge in [0.1, 0.15) is 0 Å². The molecule has 2 heterocycles. The van der Waals surface area contributed by atoms with E-state index >= 15 is 0 Å². The van der Waals surface area contributed by atoms with E-state index in [4.69, 9.17) is 0 Å². The smallest absolute Gasteiger partial charge is 0.269 e. The number of carbonyl (C=O) groups is 1. The lowest BCUT2D eigenvalue weighted by molar-refractivity contribution is -0.384. The van der Waals surface area contributed by atoms with E-state index in [1.807, 2.05) is 12.1 Å². The first-order valence-electron chi connectivity index (χ1n) is 10.9. The fourth-order valence-electron chi connectivity index (χ4n) is 3.89. The number of amides is 1. The number of benzene rings is 2. The molecule has 1 aromatic heterocycles. The number of piperidine rings is 1. The number of nitrogens with zero attached hydrogens (tertiary/aromatic N) is 4. The molecule has 0 unspecified atom stereocenters. The molecule has 2 aromatic carbocycles. The molecule has 1 N–H and O–H groups in total. The molecule has 0 bridgehead atoms. The third kappa shape index (κ3) is 5.09. The average Bonchev–Trinajstić information content (AvgIpc) is 3.35. The molecule has 0 spiro atoms. The van der Waals surface area contributed by atoms with Crippen molar-refractivity contribution in [3.05, 3.63) is 76.6 Å². The predicted molar refractivity (Wildman–Crippen MR) is 127 cm³/mol. The molecule has 34 heavy (non-hydrogen) atoms. The van der Waals surface area contributed by atoms with Gasteiger partial charge in [0.2, 0.25) is 0 Å². The summed E-state index contributed by atoms with van der Waals surface area (Å²) in [7, 11) is -3.22. The van der Waals surface area contributed by atoms with E-state index in [0.29, 0.717) is 16.1 Å². The second kappa shape index (κ2) is 9.64. The first-order chi connectivity index (χ1) is 16.3. The van der Waals surface area contributed by atoms with E-state index in [0.717, 1.165) is 31.6 Å². The molecule has 0 radical (unpaired) electrons. The van der Waals surface area contributed by atoms with Gasteiger partial charge >= 0.3 is 0 Å². The second-order valence-corrected chi connectivity index (χ2v) is 10.4. The number of non-ortho nitro benzene ring substituents is 1. The molecule has 1 saturated heterocycles. The van der Waals surface area contributed by atoms with Gasteiger partial charge in [-0.3, -0.25) is 14.9 Å². The standard InChI is InChI=1S/C23H25N5O5S/c1-2-34(32,33)22-9-7-19(8-10-22)26-13-11-18(12-14-26)25-23(29)17-15-24-27(16-17)20-3-5-21(6-4-20)28(30)31/h3-10,15-16,18H,2,11-14H2,1H3,(H,25,29). The molecule has 1 aliphatic heterocycles. The molecule has 0 saturated carbocycles. The Morgan fingerprint density at radius 2 is 1.71 bits per heavy atom.